The summed E-state index contributed by atoms with van der Waals surface area (Å²) in [6.07, 6.45) is 3.75. The van der Waals surface area contributed by atoms with Gasteiger partial charge in [0, 0.05) is 35.0 Å². The van der Waals surface area contributed by atoms with Crippen LogP contribution < -0.4 is 10.6 Å². The molecule has 5 nitrogen and oxygen atoms in total. The Labute approximate surface area is 94.8 Å². The molecule has 1 aromatic heterocycles. The second-order valence-corrected chi connectivity index (χ2v) is 4.42. The van der Waals surface area contributed by atoms with E-state index in [1.165, 1.54) is 4.90 Å². The molecule has 0 aliphatic carbocycles. The van der Waals surface area contributed by atoms with Gasteiger partial charge >= 0.3 is 0 Å². The summed E-state index contributed by atoms with van der Waals surface area (Å²) in [5, 5.41) is 0. The summed E-state index contributed by atoms with van der Waals surface area (Å²) in [5.74, 6) is 0.446. The fraction of sp³-hybridized carbons (Fsp3) is 0.375. The van der Waals surface area contributed by atoms with Crippen LogP contribution in [0.15, 0.2) is 12.4 Å². The molecule has 6 heteroatoms. The maximum absolute atomic E-state index is 11.4. The lowest BCUT2D eigenvalue weighted by Gasteiger charge is -2.12. The van der Waals surface area contributed by atoms with Crippen LogP contribution >= 0.6 is 22.6 Å². The molecule has 1 unspecified atom stereocenters. The van der Waals surface area contributed by atoms with E-state index in [-0.39, 0.29) is 11.9 Å². The number of hydrogen-bond donors (Lipinski definition) is 1. The molecule has 0 bridgehead atoms. The Bertz CT molecular complexity index is 353. The van der Waals surface area contributed by atoms with Crippen molar-refractivity contribution in [3.05, 3.63) is 16.0 Å². The van der Waals surface area contributed by atoms with E-state index in [1.54, 1.807) is 12.4 Å². The van der Waals surface area contributed by atoms with Gasteiger partial charge in [0.2, 0.25) is 11.9 Å². The third-order valence-electron chi connectivity index (χ3n) is 2.00. The molecule has 0 spiro atoms. The first kappa shape index (κ1) is 9.78. The van der Waals surface area contributed by atoms with Crippen LogP contribution in [0.25, 0.3) is 0 Å². The first-order chi connectivity index (χ1) is 6.66. The lowest BCUT2D eigenvalue weighted by molar-refractivity contribution is -0.117. The summed E-state index contributed by atoms with van der Waals surface area (Å²) >= 11 is 2.12. The highest BCUT2D eigenvalue weighted by molar-refractivity contribution is 14.1. The Kier molecular flexibility index (Phi) is 2.64. The molecule has 2 rings (SSSR count). The number of nitrogens with two attached hydrogens (primary N) is 1. The minimum Gasteiger partial charge on any atom is -0.326 e. The van der Waals surface area contributed by atoms with Crippen molar-refractivity contribution in [1.82, 2.24) is 9.97 Å². The number of anilines is 1. The normalized spacial score (nSPS) is 21.7. The van der Waals surface area contributed by atoms with E-state index in [0.717, 1.165) is 3.57 Å². The van der Waals surface area contributed by atoms with E-state index >= 15 is 0 Å². The van der Waals surface area contributed by atoms with Crippen molar-refractivity contribution < 1.29 is 4.79 Å². The van der Waals surface area contributed by atoms with Crippen LogP contribution in [0.5, 0.6) is 0 Å². The zero-order valence-corrected chi connectivity index (χ0v) is 9.51. The number of rotatable bonds is 1. The molecule has 1 aromatic rings. The highest BCUT2D eigenvalue weighted by Crippen LogP contribution is 2.16. The first-order valence-corrected chi connectivity index (χ1v) is 5.28. The van der Waals surface area contributed by atoms with E-state index in [1.807, 2.05) is 0 Å². The summed E-state index contributed by atoms with van der Waals surface area (Å²) in [6, 6.07) is -0.0922. The number of halogens is 1. The van der Waals surface area contributed by atoms with E-state index in [9.17, 15) is 4.79 Å². The van der Waals surface area contributed by atoms with Crippen molar-refractivity contribution in [1.29, 1.82) is 0 Å². The molecule has 1 amide bonds. The molecule has 1 atom stereocenters. The highest BCUT2D eigenvalue weighted by atomic mass is 127. The van der Waals surface area contributed by atoms with Crippen molar-refractivity contribution >= 4 is 34.4 Å². The van der Waals surface area contributed by atoms with Crippen molar-refractivity contribution in [2.45, 2.75) is 12.5 Å². The number of amides is 1. The maximum Gasteiger partial charge on any atom is 0.232 e. The van der Waals surface area contributed by atoms with Crippen LogP contribution in [0.2, 0.25) is 0 Å². The third-order valence-corrected chi connectivity index (χ3v) is 2.56. The average molecular weight is 304 g/mol. The Balaban J connectivity index is 2.23. The van der Waals surface area contributed by atoms with Crippen LogP contribution in [-0.4, -0.2) is 28.5 Å². The van der Waals surface area contributed by atoms with Gasteiger partial charge in [-0.1, -0.05) is 0 Å². The zero-order valence-electron chi connectivity index (χ0n) is 7.35. The molecule has 2 heterocycles. The van der Waals surface area contributed by atoms with Gasteiger partial charge in [-0.15, -0.1) is 0 Å². The highest BCUT2D eigenvalue weighted by Gasteiger charge is 2.29. The Morgan fingerprint density at radius 3 is 2.64 bits per heavy atom. The van der Waals surface area contributed by atoms with Crippen molar-refractivity contribution in [3.63, 3.8) is 0 Å². The van der Waals surface area contributed by atoms with Crippen LogP contribution in [0.4, 0.5) is 5.95 Å². The van der Waals surface area contributed by atoms with Gasteiger partial charge in [-0.25, -0.2) is 9.97 Å². The fourth-order valence-electron chi connectivity index (χ4n) is 1.37. The average Bonchev–Trinajstić information content (AvgIpc) is 2.47. The van der Waals surface area contributed by atoms with E-state index < -0.39 is 0 Å². The van der Waals surface area contributed by atoms with Crippen LogP contribution in [0, 0.1) is 3.57 Å². The standard InChI is InChI=1S/C8H9IN4O/c9-5-2-11-8(12-3-5)13-4-6(10)1-7(13)14/h2-3,6H,1,4,10H2. The van der Waals surface area contributed by atoms with Gasteiger partial charge in [-0.3, -0.25) is 9.69 Å². The van der Waals surface area contributed by atoms with Gasteiger partial charge < -0.3 is 5.73 Å². The van der Waals surface area contributed by atoms with Crippen molar-refractivity contribution in [2.75, 3.05) is 11.4 Å². The van der Waals surface area contributed by atoms with Gasteiger partial charge in [-0.2, -0.15) is 0 Å². The molecule has 2 N–H and O–H groups in total. The summed E-state index contributed by atoms with van der Waals surface area (Å²) in [5.41, 5.74) is 5.66. The molecular formula is C8H9IN4O. The van der Waals surface area contributed by atoms with Crippen LogP contribution in [0.1, 0.15) is 6.42 Å². The minimum absolute atomic E-state index is 0.00120. The van der Waals surface area contributed by atoms with Crippen LogP contribution in [-0.2, 0) is 4.79 Å². The molecule has 0 radical (unpaired) electrons. The lowest BCUT2D eigenvalue weighted by atomic mass is 10.3. The Hall–Kier alpha value is -0.760. The Morgan fingerprint density at radius 1 is 1.50 bits per heavy atom. The van der Waals surface area contributed by atoms with E-state index in [4.69, 9.17) is 5.73 Å². The van der Waals surface area contributed by atoms with E-state index in [0.29, 0.717) is 18.9 Å². The third kappa shape index (κ3) is 1.85. The molecular weight excluding hydrogens is 295 g/mol. The molecule has 1 saturated heterocycles. The summed E-state index contributed by atoms with van der Waals surface area (Å²) in [7, 11) is 0. The molecule has 1 aliphatic rings. The number of hydrogen-bond acceptors (Lipinski definition) is 4. The van der Waals surface area contributed by atoms with Gasteiger partial charge in [0.15, 0.2) is 0 Å². The lowest BCUT2D eigenvalue weighted by Crippen LogP contribution is -2.29. The smallest absolute Gasteiger partial charge is 0.232 e. The summed E-state index contributed by atoms with van der Waals surface area (Å²) in [4.78, 5) is 21.1. The maximum atomic E-state index is 11.4. The predicted molar refractivity (Wildman–Crippen MR) is 59.7 cm³/mol. The number of aromatic nitrogens is 2. The second kappa shape index (κ2) is 3.77. The molecule has 0 saturated carbocycles. The Morgan fingerprint density at radius 2 is 2.14 bits per heavy atom. The molecule has 1 fully saturated rings. The van der Waals surface area contributed by atoms with Gasteiger partial charge in [0.1, 0.15) is 0 Å². The van der Waals surface area contributed by atoms with Crippen molar-refractivity contribution in [3.8, 4) is 0 Å². The molecule has 1 aliphatic heterocycles. The molecule has 0 aromatic carbocycles. The van der Waals surface area contributed by atoms with E-state index in [2.05, 4.69) is 32.6 Å². The van der Waals surface area contributed by atoms with Gasteiger partial charge in [0.05, 0.1) is 0 Å². The summed E-state index contributed by atoms with van der Waals surface area (Å²) < 4.78 is 0.947. The van der Waals surface area contributed by atoms with Crippen molar-refractivity contribution in [2.24, 2.45) is 5.73 Å². The SMILES string of the molecule is NC1CC(=O)N(c2ncc(I)cn2)C1. The molecule has 14 heavy (non-hydrogen) atoms. The quantitative estimate of drug-likeness (QED) is 0.750. The van der Waals surface area contributed by atoms with Gasteiger partial charge in [0.25, 0.3) is 0 Å². The number of carbonyl (C=O) groups is 1. The first-order valence-electron chi connectivity index (χ1n) is 4.20. The fourth-order valence-corrected chi connectivity index (χ4v) is 1.65. The summed E-state index contributed by atoms with van der Waals surface area (Å²) in [6.45, 7) is 0.513. The van der Waals surface area contributed by atoms with Gasteiger partial charge in [-0.05, 0) is 22.6 Å². The largest absolute Gasteiger partial charge is 0.326 e. The zero-order chi connectivity index (χ0) is 10.1. The topological polar surface area (TPSA) is 72.1 Å². The number of carbonyl (C=O) groups excluding carboxylic acids is 1. The number of nitrogens with zero attached hydrogens (tertiary/aromatic N) is 3. The van der Waals surface area contributed by atoms with Crippen LogP contribution in [0.3, 0.4) is 0 Å². The monoisotopic (exact) mass is 304 g/mol. The second-order valence-electron chi connectivity index (χ2n) is 3.17. The molecule has 74 valence electrons. The predicted octanol–water partition coefficient (Wildman–Crippen LogP) is 0.145. The minimum atomic E-state index is -0.0922.